The third-order valence-electron chi connectivity index (χ3n) is 5.31. The van der Waals surface area contributed by atoms with E-state index < -0.39 is 0 Å². The molecule has 1 N–H and O–H groups in total. The zero-order valence-corrected chi connectivity index (χ0v) is 16.9. The van der Waals surface area contributed by atoms with E-state index in [0.717, 1.165) is 44.0 Å². The molecule has 0 aliphatic carbocycles. The lowest BCUT2D eigenvalue weighted by atomic mass is 9.96. The Morgan fingerprint density at radius 3 is 2.79 bits per heavy atom. The first kappa shape index (κ1) is 19.3. The number of para-hydroxylation sites is 1. The highest BCUT2D eigenvalue weighted by molar-refractivity contribution is 6.04. The molecule has 3 aromatic rings. The fourth-order valence-corrected chi connectivity index (χ4v) is 3.85. The molecule has 1 amide bonds. The van der Waals surface area contributed by atoms with Crippen LogP contribution >= 0.6 is 0 Å². The van der Waals surface area contributed by atoms with Crippen LogP contribution in [0.3, 0.4) is 0 Å². The van der Waals surface area contributed by atoms with E-state index in [4.69, 9.17) is 4.98 Å². The first-order valence-corrected chi connectivity index (χ1v) is 9.98. The van der Waals surface area contributed by atoms with Crippen molar-refractivity contribution in [3.05, 3.63) is 71.6 Å². The summed E-state index contributed by atoms with van der Waals surface area (Å²) in [7, 11) is 1.94. The number of anilines is 1. The summed E-state index contributed by atoms with van der Waals surface area (Å²) < 4.78 is 1.84. The standard InChI is InChI=1S/C22H26N6O/c1-16-20(22(29)26-19-8-4-3-5-9-19)12-23-21(25-16)18-7-6-10-28(15-18)14-17-11-24-27(2)13-17/h3-5,8-9,11-13,18H,6-7,10,14-15H2,1-2H3,(H,26,29)/t18-/m1/s1. The largest absolute Gasteiger partial charge is 0.322 e. The van der Waals surface area contributed by atoms with E-state index in [0.29, 0.717) is 11.3 Å². The minimum Gasteiger partial charge on any atom is -0.322 e. The van der Waals surface area contributed by atoms with Crippen LogP contribution in [-0.4, -0.2) is 43.6 Å². The van der Waals surface area contributed by atoms with E-state index in [1.54, 1.807) is 6.20 Å². The highest BCUT2D eigenvalue weighted by Gasteiger charge is 2.25. The lowest BCUT2D eigenvalue weighted by molar-refractivity contribution is 0.102. The van der Waals surface area contributed by atoms with Gasteiger partial charge in [0.15, 0.2) is 0 Å². The highest BCUT2D eigenvalue weighted by atomic mass is 16.1. The Labute approximate surface area is 170 Å². The average molecular weight is 390 g/mol. The number of nitrogens with one attached hydrogen (secondary N) is 1. The number of aromatic nitrogens is 4. The third-order valence-corrected chi connectivity index (χ3v) is 5.31. The summed E-state index contributed by atoms with van der Waals surface area (Å²) in [4.78, 5) is 24.2. The number of rotatable bonds is 5. The SMILES string of the molecule is Cc1nc([C@@H]2CCCN(Cc3cnn(C)c3)C2)ncc1C(=O)Nc1ccccc1. The molecular weight excluding hydrogens is 364 g/mol. The lowest BCUT2D eigenvalue weighted by Gasteiger charge is -2.31. The topological polar surface area (TPSA) is 75.9 Å². The Kier molecular flexibility index (Phi) is 5.67. The van der Waals surface area contributed by atoms with Crippen LogP contribution in [0.25, 0.3) is 0 Å². The summed E-state index contributed by atoms with van der Waals surface area (Å²) in [5.41, 5.74) is 3.21. The van der Waals surface area contributed by atoms with E-state index in [1.807, 2.05) is 55.2 Å². The Hall–Kier alpha value is -3.06. The molecule has 1 aliphatic heterocycles. The van der Waals surface area contributed by atoms with Crippen LogP contribution in [0.15, 0.2) is 48.9 Å². The molecule has 7 nitrogen and oxygen atoms in total. The number of hydrogen-bond acceptors (Lipinski definition) is 5. The second-order valence-electron chi connectivity index (χ2n) is 7.64. The second-order valence-corrected chi connectivity index (χ2v) is 7.64. The van der Waals surface area contributed by atoms with Gasteiger partial charge in [-0.1, -0.05) is 18.2 Å². The van der Waals surface area contributed by atoms with Gasteiger partial charge in [-0.25, -0.2) is 9.97 Å². The van der Waals surface area contributed by atoms with Crippen molar-refractivity contribution in [1.82, 2.24) is 24.6 Å². The first-order valence-electron chi connectivity index (χ1n) is 9.98. The van der Waals surface area contributed by atoms with Gasteiger partial charge >= 0.3 is 0 Å². The second kappa shape index (κ2) is 8.53. The Bertz CT molecular complexity index is 984. The van der Waals surface area contributed by atoms with Crippen LogP contribution in [0.1, 0.15) is 46.2 Å². The quantitative estimate of drug-likeness (QED) is 0.724. The van der Waals surface area contributed by atoms with E-state index in [1.165, 1.54) is 5.56 Å². The summed E-state index contributed by atoms with van der Waals surface area (Å²) in [6.07, 6.45) is 7.83. The molecule has 29 heavy (non-hydrogen) atoms. The summed E-state index contributed by atoms with van der Waals surface area (Å²) >= 11 is 0. The van der Waals surface area contributed by atoms with Gasteiger partial charge in [-0.15, -0.1) is 0 Å². The van der Waals surface area contributed by atoms with Crippen molar-refractivity contribution >= 4 is 11.6 Å². The smallest absolute Gasteiger partial charge is 0.259 e. The van der Waals surface area contributed by atoms with Crippen LogP contribution in [0, 0.1) is 6.92 Å². The lowest BCUT2D eigenvalue weighted by Crippen LogP contribution is -2.34. The number of aryl methyl sites for hydroxylation is 2. The molecule has 1 atom stereocenters. The maximum atomic E-state index is 12.6. The normalized spacial score (nSPS) is 17.2. The molecule has 1 fully saturated rings. The van der Waals surface area contributed by atoms with Gasteiger partial charge in [0.25, 0.3) is 5.91 Å². The molecule has 2 aromatic heterocycles. The Balaban J connectivity index is 1.43. The van der Waals surface area contributed by atoms with Gasteiger partial charge in [-0.3, -0.25) is 14.4 Å². The Morgan fingerprint density at radius 2 is 2.07 bits per heavy atom. The fourth-order valence-electron chi connectivity index (χ4n) is 3.85. The molecule has 0 spiro atoms. The van der Waals surface area contributed by atoms with Gasteiger partial charge in [-0.2, -0.15) is 5.10 Å². The highest BCUT2D eigenvalue weighted by Crippen LogP contribution is 2.26. The number of benzene rings is 1. The molecule has 7 heteroatoms. The summed E-state index contributed by atoms with van der Waals surface area (Å²) in [5.74, 6) is 0.933. The van der Waals surface area contributed by atoms with Crippen LogP contribution in [0.5, 0.6) is 0 Å². The molecule has 1 aliphatic rings. The number of carbonyl (C=O) groups is 1. The number of nitrogens with zero attached hydrogens (tertiary/aromatic N) is 5. The molecule has 0 unspecified atom stereocenters. The monoisotopic (exact) mass is 390 g/mol. The number of likely N-dealkylation sites (tertiary alicyclic amines) is 1. The maximum absolute atomic E-state index is 12.6. The van der Waals surface area contributed by atoms with Gasteiger partial charge in [0.1, 0.15) is 5.82 Å². The Morgan fingerprint density at radius 1 is 1.24 bits per heavy atom. The van der Waals surface area contributed by atoms with Gasteiger partial charge < -0.3 is 5.32 Å². The molecule has 3 heterocycles. The van der Waals surface area contributed by atoms with Crippen molar-refractivity contribution < 1.29 is 4.79 Å². The van der Waals surface area contributed by atoms with Crippen molar-refractivity contribution in [3.8, 4) is 0 Å². The van der Waals surface area contributed by atoms with E-state index >= 15 is 0 Å². The summed E-state index contributed by atoms with van der Waals surface area (Å²) in [6, 6.07) is 9.42. The van der Waals surface area contributed by atoms with Crippen LogP contribution < -0.4 is 5.32 Å². The minimum atomic E-state index is -0.179. The molecule has 0 radical (unpaired) electrons. The number of piperidine rings is 1. The molecule has 4 rings (SSSR count). The van der Waals surface area contributed by atoms with Crippen molar-refractivity contribution in [3.63, 3.8) is 0 Å². The van der Waals surface area contributed by atoms with Crippen molar-refractivity contribution in [2.45, 2.75) is 32.2 Å². The molecule has 1 aromatic carbocycles. The van der Waals surface area contributed by atoms with Crippen LogP contribution in [0.2, 0.25) is 0 Å². The van der Waals surface area contributed by atoms with Crippen molar-refractivity contribution in [2.24, 2.45) is 7.05 Å². The average Bonchev–Trinajstić information content (AvgIpc) is 3.13. The third kappa shape index (κ3) is 4.68. The molecule has 0 bridgehead atoms. The number of amides is 1. The number of carbonyl (C=O) groups excluding carboxylic acids is 1. The van der Waals surface area contributed by atoms with E-state index in [9.17, 15) is 4.79 Å². The molecule has 1 saturated heterocycles. The van der Waals surface area contributed by atoms with Crippen LogP contribution in [-0.2, 0) is 13.6 Å². The molecule has 150 valence electrons. The summed E-state index contributed by atoms with van der Waals surface area (Å²) in [5, 5.41) is 7.15. The van der Waals surface area contributed by atoms with Gasteiger partial charge in [0.2, 0.25) is 0 Å². The zero-order chi connectivity index (χ0) is 20.2. The van der Waals surface area contributed by atoms with Crippen LogP contribution in [0.4, 0.5) is 5.69 Å². The molecular formula is C22H26N6O. The summed E-state index contributed by atoms with van der Waals surface area (Å²) in [6.45, 7) is 4.76. The molecule has 0 saturated carbocycles. The number of hydrogen-bond donors (Lipinski definition) is 1. The van der Waals surface area contributed by atoms with E-state index in [-0.39, 0.29) is 11.8 Å². The van der Waals surface area contributed by atoms with Gasteiger partial charge in [-0.05, 0) is 38.4 Å². The van der Waals surface area contributed by atoms with Crippen molar-refractivity contribution in [1.29, 1.82) is 0 Å². The van der Waals surface area contributed by atoms with Gasteiger partial charge in [0.05, 0.1) is 17.5 Å². The predicted octanol–water partition coefficient (Wildman–Crippen LogP) is 3.15. The minimum absolute atomic E-state index is 0.179. The predicted molar refractivity (Wildman–Crippen MR) is 112 cm³/mol. The zero-order valence-electron chi connectivity index (χ0n) is 16.9. The fraction of sp³-hybridized carbons (Fsp3) is 0.364. The first-order chi connectivity index (χ1) is 14.1. The van der Waals surface area contributed by atoms with Crippen molar-refractivity contribution in [2.75, 3.05) is 18.4 Å². The maximum Gasteiger partial charge on any atom is 0.259 e. The van der Waals surface area contributed by atoms with Gasteiger partial charge in [0, 0.05) is 49.7 Å². The van der Waals surface area contributed by atoms with E-state index in [2.05, 4.69) is 26.5 Å².